The topological polar surface area (TPSA) is 70.4 Å². The van der Waals surface area contributed by atoms with Gasteiger partial charge in [0.05, 0.1) is 17.5 Å². The van der Waals surface area contributed by atoms with Crippen LogP contribution in [0, 0.1) is 34.3 Å². The van der Waals surface area contributed by atoms with Crippen molar-refractivity contribution in [1.82, 2.24) is 4.90 Å². The summed E-state index contributed by atoms with van der Waals surface area (Å²) in [4.78, 5) is 25.5. The third kappa shape index (κ3) is 2.89. The van der Waals surface area contributed by atoms with E-state index in [0.29, 0.717) is 0 Å². The predicted molar refractivity (Wildman–Crippen MR) is 76.1 cm³/mol. The van der Waals surface area contributed by atoms with Crippen LogP contribution in [0.5, 0.6) is 5.75 Å². The molecule has 1 saturated heterocycles. The highest BCUT2D eigenvalue weighted by molar-refractivity contribution is 6.08. The molecule has 0 aromatic heterocycles. The summed E-state index contributed by atoms with van der Waals surface area (Å²) in [6, 6.07) is 3.91. The first kappa shape index (κ1) is 16.9. The van der Waals surface area contributed by atoms with E-state index in [-0.39, 0.29) is 12.4 Å². The van der Waals surface area contributed by atoms with E-state index >= 15 is 0 Å². The average Bonchev–Trinajstić information content (AvgIpc) is 2.65. The van der Waals surface area contributed by atoms with Crippen LogP contribution in [0.4, 0.5) is 8.78 Å². The molecular formula is C16H16F2N2O3. The van der Waals surface area contributed by atoms with Crippen LogP contribution in [0.25, 0.3) is 0 Å². The zero-order valence-electron chi connectivity index (χ0n) is 13.0. The van der Waals surface area contributed by atoms with E-state index in [9.17, 15) is 18.4 Å². The molecule has 7 heteroatoms. The van der Waals surface area contributed by atoms with Gasteiger partial charge in [0, 0.05) is 6.07 Å². The molecule has 2 amide bonds. The number of nitrogens with zero attached hydrogens (tertiary/aromatic N) is 2. The molecule has 1 aliphatic rings. The van der Waals surface area contributed by atoms with Crippen LogP contribution in [-0.2, 0) is 9.59 Å². The number of hydrogen-bond acceptors (Lipinski definition) is 4. The van der Waals surface area contributed by atoms with Gasteiger partial charge >= 0.3 is 0 Å². The molecule has 2 rings (SSSR count). The Hall–Kier alpha value is -2.49. The Morgan fingerprint density at radius 2 is 2.04 bits per heavy atom. The van der Waals surface area contributed by atoms with Gasteiger partial charge in [0.25, 0.3) is 0 Å². The lowest BCUT2D eigenvalue weighted by Gasteiger charge is -2.24. The second-order valence-corrected chi connectivity index (χ2v) is 6.03. The smallest absolute Gasteiger partial charge is 0.248 e. The Kier molecular flexibility index (Phi) is 4.37. The summed E-state index contributed by atoms with van der Waals surface area (Å²) in [6.07, 6.45) is 0. The van der Waals surface area contributed by atoms with E-state index < -0.39 is 40.8 Å². The number of likely N-dealkylation sites (tertiary alicyclic amines) is 1. The number of carbonyl (C=O) groups excluding carboxylic acids is 2. The summed E-state index contributed by atoms with van der Waals surface area (Å²) in [6.45, 7) is 4.40. The molecule has 0 saturated carbocycles. The summed E-state index contributed by atoms with van der Waals surface area (Å²) in [5, 5.41) is 9.09. The number of imide groups is 1. The van der Waals surface area contributed by atoms with Gasteiger partial charge in [-0.1, -0.05) is 0 Å². The van der Waals surface area contributed by atoms with Gasteiger partial charge in [0.15, 0.2) is 11.6 Å². The Bertz CT molecular complexity index is 697. The van der Waals surface area contributed by atoms with Crippen molar-refractivity contribution in [3.63, 3.8) is 0 Å². The lowest BCUT2D eigenvalue weighted by Crippen LogP contribution is -2.43. The quantitative estimate of drug-likeness (QED) is 0.797. The standard InChI is InChI=1S/C16H16F2N2O3/c1-9(8-23-13-6-10(17)4-5-12(13)18)20-14(21)11(7-19)16(2,3)15(20)22/h4-6,9,11H,8H2,1-3H3/t9-,11?/m1/s1. The average molecular weight is 322 g/mol. The number of rotatable bonds is 4. The lowest BCUT2D eigenvalue weighted by molar-refractivity contribution is -0.143. The van der Waals surface area contributed by atoms with Gasteiger partial charge < -0.3 is 4.74 Å². The Labute approximate surface area is 132 Å². The molecule has 1 unspecified atom stereocenters. The molecule has 1 fully saturated rings. The van der Waals surface area contributed by atoms with Crippen LogP contribution in [-0.4, -0.2) is 29.4 Å². The molecule has 0 spiro atoms. The third-order valence-electron chi connectivity index (χ3n) is 3.92. The highest BCUT2D eigenvalue weighted by Crippen LogP contribution is 2.38. The molecule has 1 aromatic rings. The fraction of sp³-hybridized carbons (Fsp3) is 0.438. The zero-order chi connectivity index (χ0) is 17.4. The number of ether oxygens (including phenoxy) is 1. The highest BCUT2D eigenvalue weighted by Gasteiger charge is 2.55. The second-order valence-electron chi connectivity index (χ2n) is 6.03. The molecule has 122 valence electrons. The summed E-state index contributed by atoms with van der Waals surface area (Å²) >= 11 is 0. The molecule has 0 radical (unpaired) electrons. The van der Waals surface area contributed by atoms with Crippen LogP contribution in [0.3, 0.4) is 0 Å². The maximum Gasteiger partial charge on any atom is 0.248 e. The van der Waals surface area contributed by atoms with Crippen molar-refractivity contribution in [1.29, 1.82) is 5.26 Å². The SMILES string of the molecule is C[C@H](COc1cc(F)ccc1F)N1C(=O)C(C#N)C(C)(C)C1=O. The van der Waals surface area contributed by atoms with E-state index in [0.717, 1.165) is 23.1 Å². The fourth-order valence-electron chi connectivity index (χ4n) is 2.49. The zero-order valence-corrected chi connectivity index (χ0v) is 13.0. The molecule has 1 aliphatic heterocycles. The molecule has 23 heavy (non-hydrogen) atoms. The van der Waals surface area contributed by atoms with Gasteiger partial charge in [-0.2, -0.15) is 5.26 Å². The van der Waals surface area contributed by atoms with Gasteiger partial charge in [-0.3, -0.25) is 14.5 Å². The van der Waals surface area contributed by atoms with Gasteiger partial charge in [-0.25, -0.2) is 8.78 Å². The van der Waals surface area contributed by atoms with Crippen LogP contribution in [0.1, 0.15) is 20.8 Å². The van der Waals surface area contributed by atoms with Crippen molar-refractivity contribution in [2.24, 2.45) is 11.3 Å². The minimum absolute atomic E-state index is 0.202. The minimum atomic E-state index is -1.12. The van der Waals surface area contributed by atoms with Crippen LogP contribution in [0.2, 0.25) is 0 Å². The maximum atomic E-state index is 13.5. The first-order valence-corrected chi connectivity index (χ1v) is 7.05. The van der Waals surface area contributed by atoms with Crippen LogP contribution >= 0.6 is 0 Å². The minimum Gasteiger partial charge on any atom is -0.488 e. The summed E-state index contributed by atoms with van der Waals surface area (Å²) in [5.41, 5.74) is -1.12. The summed E-state index contributed by atoms with van der Waals surface area (Å²) in [7, 11) is 0. The third-order valence-corrected chi connectivity index (χ3v) is 3.92. The van der Waals surface area contributed by atoms with E-state index in [1.165, 1.54) is 13.8 Å². The molecule has 2 atom stereocenters. The maximum absolute atomic E-state index is 13.5. The van der Waals surface area contributed by atoms with Crippen LogP contribution < -0.4 is 4.74 Å². The number of nitriles is 1. The Balaban J connectivity index is 2.14. The molecule has 1 heterocycles. The van der Waals surface area contributed by atoms with E-state index in [1.807, 2.05) is 6.07 Å². The van der Waals surface area contributed by atoms with Gasteiger partial charge in [0.2, 0.25) is 11.8 Å². The number of amides is 2. The van der Waals surface area contributed by atoms with E-state index in [2.05, 4.69) is 0 Å². The Morgan fingerprint density at radius 3 is 2.61 bits per heavy atom. The number of carbonyl (C=O) groups is 2. The first-order chi connectivity index (χ1) is 10.7. The molecule has 5 nitrogen and oxygen atoms in total. The predicted octanol–water partition coefficient (Wildman–Crippen LogP) is 2.27. The first-order valence-electron chi connectivity index (χ1n) is 7.05. The van der Waals surface area contributed by atoms with Crippen LogP contribution in [0.15, 0.2) is 18.2 Å². The van der Waals surface area contributed by atoms with Crippen molar-refractivity contribution < 1.29 is 23.1 Å². The second kappa shape index (κ2) is 5.95. The van der Waals surface area contributed by atoms with Crippen molar-refractivity contribution in [3.8, 4) is 11.8 Å². The van der Waals surface area contributed by atoms with Crippen molar-refractivity contribution >= 4 is 11.8 Å². The van der Waals surface area contributed by atoms with Gasteiger partial charge in [-0.05, 0) is 32.9 Å². The molecule has 1 aromatic carbocycles. The normalized spacial score (nSPS) is 21.2. The molecule has 0 bridgehead atoms. The van der Waals surface area contributed by atoms with Crippen molar-refractivity contribution in [3.05, 3.63) is 29.8 Å². The fourth-order valence-corrected chi connectivity index (χ4v) is 2.49. The van der Waals surface area contributed by atoms with Gasteiger partial charge in [0.1, 0.15) is 18.3 Å². The molecular weight excluding hydrogens is 306 g/mol. The van der Waals surface area contributed by atoms with E-state index in [1.54, 1.807) is 6.92 Å². The largest absolute Gasteiger partial charge is 0.488 e. The number of hydrogen-bond donors (Lipinski definition) is 0. The van der Waals surface area contributed by atoms with Crippen molar-refractivity contribution in [2.75, 3.05) is 6.61 Å². The summed E-state index contributed by atoms with van der Waals surface area (Å²) in [5.74, 6) is -3.85. The monoisotopic (exact) mass is 322 g/mol. The highest BCUT2D eigenvalue weighted by atomic mass is 19.1. The van der Waals surface area contributed by atoms with E-state index in [4.69, 9.17) is 10.00 Å². The number of halogens is 2. The molecule has 0 N–H and O–H groups in total. The molecule has 0 aliphatic carbocycles. The summed E-state index contributed by atoms with van der Waals surface area (Å²) < 4.78 is 31.8. The lowest BCUT2D eigenvalue weighted by atomic mass is 9.82. The number of benzene rings is 1. The Morgan fingerprint density at radius 1 is 1.39 bits per heavy atom. The van der Waals surface area contributed by atoms with Crippen molar-refractivity contribution in [2.45, 2.75) is 26.8 Å². The van der Waals surface area contributed by atoms with Gasteiger partial charge in [-0.15, -0.1) is 0 Å².